The van der Waals surface area contributed by atoms with E-state index in [-0.39, 0.29) is 12.4 Å². The highest BCUT2D eigenvalue weighted by atomic mass is 16.7. The molecular formula is C26H39N4O3+. The highest BCUT2D eigenvalue weighted by Crippen LogP contribution is 2.32. The lowest BCUT2D eigenvalue weighted by atomic mass is 10.0. The topological polar surface area (TPSA) is 105 Å². The molecule has 33 heavy (non-hydrogen) atoms. The van der Waals surface area contributed by atoms with E-state index in [0.717, 1.165) is 42.7 Å². The van der Waals surface area contributed by atoms with Crippen LogP contribution in [-0.4, -0.2) is 28.5 Å². The van der Waals surface area contributed by atoms with E-state index in [2.05, 4.69) is 24.1 Å². The van der Waals surface area contributed by atoms with E-state index in [1.165, 1.54) is 25.7 Å². The van der Waals surface area contributed by atoms with Crippen molar-refractivity contribution in [1.29, 1.82) is 5.41 Å². The minimum Gasteiger partial charge on any atom is -0.454 e. The Kier molecular flexibility index (Phi) is 9.48. The van der Waals surface area contributed by atoms with Crippen molar-refractivity contribution in [1.82, 2.24) is 9.97 Å². The Morgan fingerprint density at radius 2 is 1.91 bits per heavy atom. The second-order valence-electron chi connectivity index (χ2n) is 8.93. The molecule has 1 unspecified atom stereocenters. The third-order valence-corrected chi connectivity index (χ3v) is 6.09. The number of hydrogen-bond acceptors (Lipinski definition) is 5. The summed E-state index contributed by atoms with van der Waals surface area (Å²) in [5.41, 5.74) is 1.58. The van der Waals surface area contributed by atoms with E-state index >= 15 is 0 Å². The first kappa shape index (κ1) is 25.0. The summed E-state index contributed by atoms with van der Waals surface area (Å²) >= 11 is 0. The van der Waals surface area contributed by atoms with Crippen LogP contribution in [0.3, 0.4) is 0 Å². The van der Waals surface area contributed by atoms with Crippen LogP contribution < -0.4 is 20.3 Å². The number of aromatic nitrogens is 2. The van der Waals surface area contributed by atoms with Gasteiger partial charge in [0.15, 0.2) is 11.5 Å². The van der Waals surface area contributed by atoms with E-state index in [9.17, 15) is 4.79 Å². The molecule has 1 aliphatic rings. The molecule has 0 spiro atoms. The number of unbranched alkanes of at least 4 members (excludes halogenated alkanes) is 3. The minimum absolute atomic E-state index is 0.216. The highest BCUT2D eigenvalue weighted by molar-refractivity contribution is 6.00. The van der Waals surface area contributed by atoms with Crippen molar-refractivity contribution in [3.8, 4) is 11.5 Å². The molecule has 0 bridgehead atoms. The second-order valence-corrected chi connectivity index (χ2v) is 8.93. The number of nitrogens with two attached hydrogens (primary N) is 1. The SMILES string of the molecule is CCCCCCC(CCC)[NH2+]c1nc(Cc2ccc3c(c2)OCO3)[nH]c(=O)c1C(=N)CCC. The summed E-state index contributed by atoms with van der Waals surface area (Å²) in [4.78, 5) is 20.9. The molecule has 2 aromatic rings. The molecule has 1 aromatic carbocycles. The van der Waals surface area contributed by atoms with Crippen LogP contribution in [-0.2, 0) is 6.42 Å². The third-order valence-electron chi connectivity index (χ3n) is 6.09. The summed E-state index contributed by atoms with van der Waals surface area (Å²) in [7, 11) is 0. The van der Waals surface area contributed by atoms with Gasteiger partial charge in [-0.15, -0.1) is 0 Å². The van der Waals surface area contributed by atoms with E-state index in [1.807, 2.05) is 25.1 Å². The van der Waals surface area contributed by atoms with E-state index in [4.69, 9.17) is 19.9 Å². The number of hydrogen-bond donors (Lipinski definition) is 3. The molecule has 7 heteroatoms. The standard InChI is InChI=1S/C26H38N4O3/c1-4-7-8-9-12-19(10-5-2)28-25-24(20(27)11-6-3)26(31)30-23(29-25)16-18-13-14-21-22(15-18)33-17-32-21/h13-15,19,27H,4-12,16-17H2,1-3H3,(H2,28,29,30,31)/p+1. The molecule has 0 saturated carbocycles. The Hall–Kier alpha value is -2.67. The van der Waals surface area contributed by atoms with Crippen molar-refractivity contribution in [2.45, 2.75) is 91.0 Å². The van der Waals surface area contributed by atoms with Crippen molar-refractivity contribution in [2.24, 2.45) is 0 Å². The van der Waals surface area contributed by atoms with Gasteiger partial charge in [0.05, 0.1) is 11.8 Å². The number of benzene rings is 1. The van der Waals surface area contributed by atoms with Gasteiger partial charge in [0.1, 0.15) is 11.4 Å². The van der Waals surface area contributed by atoms with Crippen molar-refractivity contribution >= 4 is 11.5 Å². The van der Waals surface area contributed by atoms with Crippen molar-refractivity contribution < 1.29 is 14.8 Å². The Morgan fingerprint density at radius 1 is 1.09 bits per heavy atom. The monoisotopic (exact) mass is 455 g/mol. The molecule has 0 saturated heterocycles. The van der Waals surface area contributed by atoms with Crippen LogP contribution in [0.4, 0.5) is 5.82 Å². The second kappa shape index (κ2) is 12.5. The Morgan fingerprint density at radius 3 is 2.67 bits per heavy atom. The largest absolute Gasteiger partial charge is 0.454 e. The van der Waals surface area contributed by atoms with Crippen LogP contribution in [0.2, 0.25) is 0 Å². The van der Waals surface area contributed by atoms with Crippen LogP contribution in [0.1, 0.15) is 95.5 Å². The van der Waals surface area contributed by atoms with Gasteiger partial charge in [-0.3, -0.25) is 10.1 Å². The zero-order valence-corrected chi connectivity index (χ0v) is 20.3. The van der Waals surface area contributed by atoms with E-state index in [1.54, 1.807) is 0 Å². The first-order chi connectivity index (χ1) is 16.0. The zero-order chi connectivity index (χ0) is 23.6. The lowest BCUT2D eigenvalue weighted by Gasteiger charge is -2.17. The number of fused-ring (bicyclic) bond motifs is 1. The van der Waals surface area contributed by atoms with E-state index < -0.39 is 0 Å². The van der Waals surface area contributed by atoms with Gasteiger partial charge in [-0.25, -0.2) is 0 Å². The average Bonchev–Trinajstić information content (AvgIpc) is 3.24. The highest BCUT2D eigenvalue weighted by Gasteiger charge is 2.23. The number of ether oxygens (including phenoxy) is 2. The fourth-order valence-corrected chi connectivity index (χ4v) is 4.39. The molecule has 1 atom stereocenters. The zero-order valence-electron chi connectivity index (χ0n) is 20.3. The van der Waals surface area contributed by atoms with Gasteiger partial charge in [-0.2, -0.15) is 4.98 Å². The smallest absolute Gasteiger partial charge is 0.266 e. The lowest BCUT2D eigenvalue weighted by molar-refractivity contribution is -0.616. The Labute approximate surface area is 196 Å². The summed E-state index contributed by atoms with van der Waals surface area (Å²) in [6.45, 7) is 6.69. The Balaban J connectivity index is 1.86. The van der Waals surface area contributed by atoms with Gasteiger partial charge in [-0.1, -0.05) is 58.9 Å². The van der Waals surface area contributed by atoms with Crippen LogP contribution in [0, 0.1) is 5.41 Å². The minimum atomic E-state index is -0.216. The lowest BCUT2D eigenvalue weighted by Crippen LogP contribution is -2.85. The van der Waals surface area contributed by atoms with E-state index in [0.29, 0.717) is 41.8 Å². The molecule has 0 fully saturated rings. The van der Waals surface area contributed by atoms with Crippen LogP contribution in [0.15, 0.2) is 23.0 Å². The molecule has 1 aromatic heterocycles. The normalized spacial score (nSPS) is 13.3. The van der Waals surface area contributed by atoms with Crippen molar-refractivity contribution in [3.05, 3.63) is 45.5 Å². The molecule has 0 radical (unpaired) electrons. The van der Waals surface area contributed by atoms with Gasteiger partial charge in [0.2, 0.25) is 12.6 Å². The predicted molar refractivity (Wildman–Crippen MR) is 131 cm³/mol. The molecule has 0 aliphatic carbocycles. The third kappa shape index (κ3) is 6.90. The summed E-state index contributed by atoms with van der Waals surface area (Å²) in [5.74, 6) is 2.74. The van der Waals surface area contributed by atoms with Gasteiger partial charge >= 0.3 is 0 Å². The van der Waals surface area contributed by atoms with Gasteiger partial charge < -0.3 is 19.9 Å². The summed E-state index contributed by atoms with van der Waals surface area (Å²) < 4.78 is 10.9. The summed E-state index contributed by atoms with van der Waals surface area (Å²) in [5, 5.41) is 10.7. The molecule has 180 valence electrons. The molecule has 2 heterocycles. The maximum Gasteiger partial charge on any atom is 0.266 e. The number of aromatic amines is 1. The molecule has 3 rings (SSSR count). The van der Waals surface area contributed by atoms with Gasteiger partial charge in [0, 0.05) is 6.42 Å². The fourth-order valence-electron chi connectivity index (χ4n) is 4.39. The number of nitrogens with one attached hydrogen (secondary N) is 2. The first-order valence-corrected chi connectivity index (χ1v) is 12.5. The molecular weight excluding hydrogens is 416 g/mol. The van der Waals surface area contributed by atoms with Gasteiger partial charge in [-0.05, 0) is 43.4 Å². The maximum absolute atomic E-state index is 13.1. The fraction of sp³-hybridized carbons (Fsp3) is 0.577. The first-order valence-electron chi connectivity index (χ1n) is 12.5. The number of nitrogens with zero attached hydrogens (tertiary/aromatic N) is 1. The van der Waals surface area contributed by atoms with Crippen molar-refractivity contribution in [2.75, 3.05) is 6.79 Å². The van der Waals surface area contributed by atoms with Gasteiger partial charge in [0.25, 0.3) is 5.56 Å². The molecule has 4 N–H and O–H groups in total. The quantitative estimate of drug-likeness (QED) is 0.286. The van der Waals surface area contributed by atoms with Crippen LogP contribution in [0.5, 0.6) is 11.5 Å². The number of quaternary nitrogens is 1. The number of H-pyrrole nitrogens is 1. The molecule has 7 nitrogen and oxygen atoms in total. The number of rotatable bonds is 14. The predicted octanol–water partition coefficient (Wildman–Crippen LogP) is 4.59. The van der Waals surface area contributed by atoms with Crippen LogP contribution >= 0.6 is 0 Å². The summed E-state index contributed by atoms with van der Waals surface area (Å²) in [6.07, 6.45) is 10.0. The molecule has 1 aliphatic heterocycles. The van der Waals surface area contributed by atoms with Crippen molar-refractivity contribution in [3.63, 3.8) is 0 Å². The van der Waals surface area contributed by atoms with Crippen LogP contribution in [0.25, 0.3) is 0 Å². The molecule has 0 amide bonds. The summed E-state index contributed by atoms with van der Waals surface area (Å²) in [6, 6.07) is 6.17. The average molecular weight is 456 g/mol. The maximum atomic E-state index is 13.1. The Bertz CT molecular complexity index is 986.